The molecule has 3 aliphatic rings. The van der Waals surface area contributed by atoms with Gasteiger partial charge in [-0.1, -0.05) is 6.07 Å². The third-order valence-electron chi connectivity index (χ3n) is 5.66. The number of ether oxygens (including phenoxy) is 2. The lowest BCUT2D eigenvalue weighted by Gasteiger charge is -2.40. The van der Waals surface area contributed by atoms with Crippen molar-refractivity contribution in [2.45, 2.75) is 56.2 Å². The molecule has 0 amide bonds. The molecule has 3 nitrogen and oxygen atoms in total. The molecule has 2 heterocycles. The highest BCUT2D eigenvalue weighted by Gasteiger charge is 2.41. The summed E-state index contributed by atoms with van der Waals surface area (Å²) in [6, 6.07) is 7.70. The van der Waals surface area contributed by atoms with Crippen LogP contribution < -0.4 is 10.1 Å². The average Bonchev–Trinajstić information content (AvgIpc) is 3.02. The number of fused-ring (bicyclic) bond motifs is 1. The molecule has 0 saturated carbocycles. The van der Waals surface area contributed by atoms with Crippen molar-refractivity contribution in [2.75, 3.05) is 25.2 Å². The van der Waals surface area contributed by atoms with Gasteiger partial charge in [-0.15, -0.1) is 0 Å². The molecule has 126 valence electrons. The van der Waals surface area contributed by atoms with Crippen molar-refractivity contribution in [1.29, 1.82) is 0 Å². The number of rotatable bonds is 3. The average molecular weight is 333 g/mol. The van der Waals surface area contributed by atoms with E-state index in [2.05, 4.69) is 35.3 Å². The molecule has 0 unspecified atom stereocenters. The second kappa shape index (κ2) is 6.66. The molecule has 0 aromatic heterocycles. The Morgan fingerprint density at radius 3 is 3.13 bits per heavy atom. The van der Waals surface area contributed by atoms with E-state index in [0.717, 1.165) is 18.8 Å². The fraction of sp³-hybridized carbons (Fsp3) is 0.684. The van der Waals surface area contributed by atoms with Gasteiger partial charge in [0.2, 0.25) is 0 Å². The first-order valence-corrected chi connectivity index (χ1v) is 10.1. The highest BCUT2D eigenvalue weighted by molar-refractivity contribution is 7.99. The van der Waals surface area contributed by atoms with Crippen molar-refractivity contribution in [1.82, 2.24) is 5.32 Å². The van der Waals surface area contributed by atoms with Gasteiger partial charge >= 0.3 is 0 Å². The number of hydrogen-bond acceptors (Lipinski definition) is 4. The van der Waals surface area contributed by atoms with Crippen molar-refractivity contribution in [3.8, 4) is 5.75 Å². The number of hydrogen-bond donors (Lipinski definition) is 1. The summed E-state index contributed by atoms with van der Waals surface area (Å²) in [5.41, 5.74) is 3.11. The lowest BCUT2D eigenvalue weighted by molar-refractivity contribution is -0.0716. The van der Waals surface area contributed by atoms with Gasteiger partial charge in [-0.3, -0.25) is 0 Å². The van der Waals surface area contributed by atoms with Gasteiger partial charge in [0.25, 0.3) is 0 Å². The second-order valence-electron chi connectivity index (χ2n) is 7.20. The lowest BCUT2D eigenvalue weighted by Crippen LogP contribution is -2.48. The summed E-state index contributed by atoms with van der Waals surface area (Å²) in [6.45, 7) is 0.917. The fourth-order valence-electron chi connectivity index (χ4n) is 4.41. The maximum Gasteiger partial charge on any atom is 0.119 e. The van der Waals surface area contributed by atoms with E-state index in [1.54, 1.807) is 7.11 Å². The Morgan fingerprint density at radius 1 is 1.35 bits per heavy atom. The maximum absolute atomic E-state index is 6.17. The third kappa shape index (κ3) is 3.26. The molecule has 1 N–H and O–H groups in total. The van der Waals surface area contributed by atoms with Crippen LogP contribution in [0.1, 0.15) is 49.3 Å². The van der Waals surface area contributed by atoms with Gasteiger partial charge in [0.05, 0.1) is 12.7 Å². The first-order chi connectivity index (χ1) is 11.3. The van der Waals surface area contributed by atoms with Crippen LogP contribution in [-0.4, -0.2) is 36.9 Å². The Balaban J connectivity index is 1.47. The zero-order valence-corrected chi connectivity index (χ0v) is 14.8. The van der Waals surface area contributed by atoms with Crippen molar-refractivity contribution in [3.63, 3.8) is 0 Å². The SMILES string of the molecule is COc1ccc2c(c1)CCC[C@@H]2N[C@H]1CCO[C@@]2(CCSC2)C1. The third-order valence-corrected chi connectivity index (χ3v) is 6.88. The van der Waals surface area contributed by atoms with Crippen LogP contribution in [-0.2, 0) is 11.2 Å². The van der Waals surface area contributed by atoms with Gasteiger partial charge in [0.1, 0.15) is 5.75 Å². The highest BCUT2D eigenvalue weighted by Crippen LogP contribution is 2.40. The van der Waals surface area contributed by atoms with E-state index in [9.17, 15) is 0 Å². The van der Waals surface area contributed by atoms with Crippen molar-refractivity contribution >= 4 is 11.8 Å². The zero-order chi connectivity index (χ0) is 15.7. The smallest absolute Gasteiger partial charge is 0.119 e. The summed E-state index contributed by atoms with van der Waals surface area (Å²) >= 11 is 2.05. The van der Waals surface area contributed by atoms with Gasteiger partial charge in [0, 0.05) is 24.4 Å². The van der Waals surface area contributed by atoms with E-state index in [1.165, 1.54) is 54.7 Å². The van der Waals surface area contributed by atoms with Crippen LogP contribution in [0.25, 0.3) is 0 Å². The Labute approximate surface area is 143 Å². The topological polar surface area (TPSA) is 30.5 Å². The molecule has 1 aromatic carbocycles. The van der Waals surface area contributed by atoms with Crippen molar-refractivity contribution in [3.05, 3.63) is 29.3 Å². The summed E-state index contributed by atoms with van der Waals surface area (Å²) in [4.78, 5) is 0. The van der Waals surface area contributed by atoms with Gasteiger partial charge in [-0.2, -0.15) is 11.8 Å². The summed E-state index contributed by atoms with van der Waals surface area (Å²) in [6.07, 6.45) is 7.25. The molecular weight excluding hydrogens is 306 g/mol. The van der Waals surface area contributed by atoms with Crippen molar-refractivity contribution < 1.29 is 9.47 Å². The molecule has 2 saturated heterocycles. The molecular formula is C19H27NO2S. The van der Waals surface area contributed by atoms with E-state index in [0.29, 0.717) is 12.1 Å². The molecule has 4 rings (SSSR count). The predicted molar refractivity (Wildman–Crippen MR) is 95.5 cm³/mol. The van der Waals surface area contributed by atoms with E-state index in [4.69, 9.17) is 9.47 Å². The van der Waals surface area contributed by atoms with E-state index >= 15 is 0 Å². The minimum atomic E-state index is 0.165. The number of nitrogens with one attached hydrogen (secondary N) is 1. The molecule has 2 aliphatic heterocycles. The van der Waals surface area contributed by atoms with E-state index in [-0.39, 0.29) is 5.60 Å². The highest BCUT2D eigenvalue weighted by atomic mass is 32.2. The van der Waals surface area contributed by atoms with Crippen LogP contribution in [0.15, 0.2) is 18.2 Å². The van der Waals surface area contributed by atoms with Crippen LogP contribution in [0.4, 0.5) is 0 Å². The van der Waals surface area contributed by atoms with Crippen LogP contribution in [0.5, 0.6) is 5.75 Å². The molecule has 1 aliphatic carbocycles. The minimum Gasteiger partial charge on any atom is -0.497 e. The molecule has 4 heteroatoms. The van der Waals surface area contributed by atoms with Crippen molar-refractivity contribution in [2.24, 2.45) is 0 Å². The fourth-order valence-corrected chi connectivity index (χ4v) is 5.79. The van der Waals surface area contributed by atoms with Gasteiger partial charge in [0.15, 0.2) is 0 Å². The van der Waals surface area contributed by atoms with Crippen LogP contribution >= 0.6 is 11.8 Å². The summed E-state index contributed by atoms with van der Waals surface area (Å²) in [7, 11) is 1.75. The number of benzene rings is 1. The molecule has 3 atom stereocenters. The Bertz CT molecular complexity index is 556. The predicted octanol–water partition coefficient (Wildman–Crippen LogP) is 3.72. The number of aryl methyl sites for hydroxylation is 1. The monoisotopic (exact) mass is 333 g/mol. The largest absolute Gasteiger partial charge is 0.497 e. The van der Waals surface area contributed by atoms with Crippen LogP contribution in [0, 0.1) is 0 Å². The molecule has 2 fully saturated rings. The molecule has 0 bridgehead atoms. The lowest BCUT2D eigenvalue weighted by atomic mass is 9.85. The zero-order valence-electron chi connectivity index (χ0n) is 14.0. The van der Waals surface area contributed by atoms with E-state index < -0.39 is 0 Å². The summed E-state index contributed by atoms with van der Waals surface area (Å²) in [5.74, 6) is 3.43. The first kappa shape index (κ1) is 15.8. The first-order valence-electron chi connectivity index (χ1n) is 8.93. The number of methoxy groups -OCH3 is 1. The normalized spacial score (nSPS) is 33.6. The molecule has 0 radical (unpaired) electrons. The Kier molecular flexibility index (Phi) is 4.57. The Morgan fingerprint density at radius 2 is 2.30 bits per heavy atom. The maximum atomic E-state index is 6.17. The summed E-state index contributed by atoms with van der Waals surface area (Å²) in [5, 5.41) is 3.97. The van der Waals surface area contributed by atoms with Gasteiger partial charge in [-0.25, -0.2) is 0 Å². The van der Waals surface area contributed by atoms with Gasteiger partial charge in [-0.05, 0) is 67.5 Å². The van der Waals surface area contributed by atoms with Crippen LogP contribution in [0.2, 0.25) is 0 Å². The quantitative estimate of drug-likeness (QED) is 0.913. The van der Waals surface area contributed by atoms with Gasteiger partial charge < -0.3 is 14.8 Å². The minimum absolute atomic E-state index is 0.165. The molecule has 1 spiro atoms. The Hall–Kier alpha value is -0.710. The van der Waals surface area contributed by atoms with E-state index in [1.807, 2.05) is 0 Å². The molecule has 23 heavy (non-hydrogen) atoms. The summed E-state index contributed by atoms with van der Waals surface area (Å²) < 4.78 is 11.6. The second-order valence-corrected chi connectivity index (χ2v) is 8.31. The van der Waals surface area contributed by atoms with Crippen LogP contribution in [0.3, 0.4) is 0 Å². The standard InChI is InChI=1S/C19H27NO2S/c1-21-16-5-6-17-14(11-16)3-2-4-18(17)20-15-7-9-22-19(12-15)8-10-23-13-19/h5-6,11,15,18,20H,2-4,7-10,12-13H2,1H3/t15-,18-,19-/m0/s1. The molecule has 1 aromatic rings. The number of thioether (sulfide) groups is 1.